The molecular formula is C18H14Cl3N3O2. The van der Waals surface area contributed by atoms with E-state index in [2.05, 4.69) is 10.4 Å². The van der Waals surface area contributed by atoms with Crippen LogP contribution in [0.5, 0.6) is 5.75 Å². The Hall–Kier alpha value is -2.21. The van der Waals surface area contributed by atoms with Gasteiger partial charge in [0.25, 0.3) is 5.91 Å². The highest BCUT2D eigenvalue weighted by molar-refractivity contribution is 6.35. The highest BCUT2D eigenvalue weighted by atomic mass is 35.5. The second-order valence-corrected chi connectivity index (χ2v) is 6.69. The molecule has 2 aromatic carbocycles. The van der Waals surface area contributed by atoms with Crippen molar-refractivity contribution in [2.45, 2.75) is 6.54 Å². The maximum atomic E-state index is 12.3. The summed E-state index contributed by atoms with van der Waals surface area (Å²) >= 11 is 18.3. The number of methoxy groups -OCH3 is 1. The molecule has 0 bridgehead atoms. The lowest BCUT2D eigenvalue weighted by molar-refractivity contribution is 0.102. The SMILES string of the molecule is COc1ccc(C(=O)Nc2nn(Cc3ccc(Cl)cc3Cl)cc2Cl)cc1. The number of aromatic nitrogens is 2. The molecule has 3 aromatic rings. The van der Waals surface area contributed by atoms with Crippen LogP contribution in [0, 0.1) is 0 Å². The predicted octanol–water partition coefficient (Wildman–Crippen LogP) is 5.15. The van der Waals surface area contributed by atoms with Gasteiger partial charge in [-0.1, -0.05) is 40.9 Å². The molecule has 1 heterocycles. The maximum Gasteiger partial charge on any atom is 0.256 e. The van der Waals surface area contributed by atoms with Gasteiger partial charge < -0.3 is 10.1 Å². The number of carbonyl (C=O) groups excluding carboxylic acids is 1. The first-order valence-electron chi connectivity index (χ1n) is 7.58. The van der Waals surface area contributed by atoms with E-state index < -0.39 is 0 Å². The Morgan fingerprint density at radius 3 is 2.50 bits per heavy atom. The lowest BCUT2D eigenvalue weighted by Crippen LogP contribution is -2.13. The molecule has 0 fully saturated rings. The Morgan fingerprint density at radius 1 is 1.12 bits per heavy atom. The Bertz CT molecular complexity index is 939. The Balaban J connectivity index is 1.74. The third-order valence-electron chi connectivity index (χ3n) is 3.65. The van der Waals surface area contributed by atoms with Crippen LogP contribution in [0.2, 0.25) is 15.1 Å². The van der Waals surface area contributed by atoms with E-state index in [0.29, 0.717) is 32.9 Å². The first-order chi connectivity index (χ1) is 12.5. The quantitative estimate of drug-likeness (QED) is 0.632. The van der Waals surface area contributed by atoms with Crippen LogP contribution >= 0.6 is 34.8 Å². The largest absolute Gasteiger partial charge is 0.497 e. The summed E-state index contributed by atoms with van der Waals surface area (Å²) in [6.07, 6.45) is 1.62. The number of anilines is 1. The summed E-state index contributed by atoms with van der Waals surface area (Å²) in [6, 6.07) is 12.0. The standard InChI is InChI=1S/C18H14Cl3N3O2/c1-26-14-6-3-11(4-7-14)18(25)22-17-16(21)10-24(23-17)9-12-2-5-13(19)8-15(12)20/h2-8,10H,9H2,1H3,(H,22,23,25). The minimum absolute atomic E-state index is 0.276. The van der Waals surface area contributed by atoms with Crippen molar-refractivity contribution in [1.82, 2.24) is 9.78 Å². The number of nitrogens with one attached hydrogen (secondary N) is 1. The average molecular weight is 411 g/mol. The van der Waals surface area contributed by atoms with E-state index in [1.807, 2.05) is 6.07 Å². The summed E-state index contributed by atoms with van der Waals surface area (Å²) in [4.78, 5) is 12.3. The minimum Gasteiger partial charge on any atom is -0.497 e. The van der Waals surface area contributed by atoms with Gasteiger partial charge in [0.15, 0.2) is 5.82 Å². The van der Waals surface area contributed by atoms with E-state index in [4.69, 9.17) is 39.5 Å². The van der Waals surface area contributed by atoms with Gasteiger partial charge >= 0.3 is 0 Å². The minimum atomic E-state index is -0.315. The number of rotatable bonds is 5. The second-order valence-electron chi connectivity index (χ2n) is 5.44. The van der Waals surface area contributed by atoms with Crippen LogP contribution in [0.4, 0.5) is 5.82 Å². The summed E-state index contributed by atoms with van der Waals surface area (Å²) in [6.45, 7) is 0.397. The highest BCUT2D eigenvalue weighted by Crippen LogP contribution is 2.24. The Kier molecular flexibility index (Phi) is 5.71. The normalized spacial score (nSPS) is 10.6. The van der Waals surface area contributed by atoms with Crippen molar-refractivity contribution in [3.8, 4) is 5.75 Å². The van der Waals surface area contributed by atoms with Crippen molar-refractivity contribution in [2.24, 2.45) is 0 Å². The number of hydrogen-bond acceptors (Lipinski definition) is 3. The van der Waals surface area contributed by atoms with Crippen LogP contribution in [-0.2, 0) is 6.54 Å². The van der Waals surface area contributed by atoms with E-state index in [9.17, 15) is 4.79 Å². The monoisotopic (exact) mass is 409 g/mol. The molecule has 1 amide bonds. The van der Waals surface area contributed by atoms with Gasteiger partial charge in [0.1, 0.15) is 10.8 Å². The molecular weight excluding hydrogens is 397 g/mol. The van der Waals surface area contributed by atoms with Crippen LogP contribution < -0.4 is 10.1 Å². The number of benzene rings is 2. The zero-order valence-electron chi connectivity index (χ0n) is 13.7. The number of halogens is 3. The van der Waals surface area contributed by atoms with Crippen LogP contribution in [0.25, 0.3) is 0 Å². The van der Waals surface area contributed by atoms with Crippen molar-refractivity contribution < 1.29 is 9.53 Å². The molecule has 134 valence electrons. The van der Waals surface area contributed by atoms with Crippen LogP contribution in [0.1, 0.15) is 15.9 Å². The van der Waals surface area contributed by atoms with Crippen molar-refractivity contribution in [1.29, 1.82) is 0 Å². The summed E-state index contributed by atoms with van der Waals surface area (Å²) in [5.41, 5.74) is 1.31. The van der Waals surface area contributed by atoms with E-state index in [0.717, 1.165) is 5.56 Å². The fourth-order valence-electron chi connectivity index (χ4n) is 2.31. The second kappa shape index (κ2) is 7.99. The number of ether oxygens (including phenoxy) is 1. The highest BCUT2D eigenvalue weighted by Gasteiger charge is 2.13. The molecule has 0 spiro atoms. The number of nitrogens with zero attached hydrogens (tertiary/aromatic N) is 2. The fraction of sp³-hybridized carbons (Fsp3) is 0.111. The smallest absolute Gasteiger partial charge is 0.256 e. The van der Waals surface area contributed by atoms with Crippen LogP contribution in [0.3, 0.4) is 0 Å². The lowest BCUT2D eigenvalue weighted by atomic mass is 10.2. The number of hydrogen-bond donors (Lipinski definition) is 1. The molecule has 0 atom stereocenters. The molecule has 0 unspecified atom stereocenters. The van der Waals surface area contributed by atoms with Gasteiger partial charge in [-0.15, -0.1) is 0 Å². The van der Waals surface area contributed by atoms with Gasteiger partial charge in [0.2, 0.25) is 0 Å². The summed E-state index contributed by atoms with van der Waals surface area (Å²) < 4.78 is 6.67. The lowest BCUT2D eigenvalue weighted by Gasteiger charge is -2.06. The molecule has 1 aromatic heterocycles. The van der Waals surface area contributed by atoms with Gasteiger partial charge in [-0.05, 0) is 42.0 Å². The van der Waals surface area contributed by atoms with E-state index >= 15 is 0 Å². The zero-order valence-corrected chi connectivity index (χ0v) is 15.9. The summed E-state index contributed by atoms with van der Waals surface area (Å²) in [5, 5.41) is 8.43. The molecule has 5 nitrogen and oxygen atoms in total. The summed E-state index contributed by atoms with van der Waals surface area (Å²) in [7, 11) is 1.56. The first-order valence-corrected chi connectivity index (χ1v) is 8.72. The summed E-state index contributed by atoms with van der Waals surface area (Å²) in [5.74, 6) is 0.630. The molecule has 26 heavy (non-hydrogen) atoms. The third-order valence-corrected chi connectivity index (χ3v) is 4.51. The molecule has 0 aliphatic heterocycles. The average Bonchev–Trinajstić information content (AvgIpc) is 2.96. The number of carbonyl (C=O) groups is 1. The van der Waals surface area contributed by atoms with Crippen molar-refractivity contribution in [3.63, 3.8) is 0 Å². The van der Waals surface area contributed by atoms with Gasteiger partial charge in [-0.2, -0.15) is 5.10 Å². The van der Waals surface area contributed by atoms with Gasteiger partial charge in [0.05, 0.1) is 13.7 Å². The molecule has 0 radical (unpaired) electrons. The Labute approximate surface area is 165 Å². The molecule has 0 aliphatic carbocycles. The molecule has 3 rings (SSSR count). The number of amides is 1. The van der Waals surface area contributed by atoms with Gasteiger partial charge in [-0.25, -0.2) is 0 Å². The molecule has 0 aliphatic rings. The molecule has 1 N–H and O–H groups in total. The Morgan fingerprint density at radius 2 is 1.85 bits per heavy atom. The van der Waals surface area contributed by atoms with Gasteiger partial charge in [-0.3, -0.25) is 9.48 Å². The van der Waals surface area contributed by atoms with Crippen LogP contribution in [0.15, 0.2) is 48.7 Å². The van der Waals surface area contributed by atoms with E-state index in [-0.39, 0.29) is 11.7 Å². The van der Waals surface area contributed by atoms with Crippen molar-refractivity contribution >= 4 is 46.5 Å². The van der Waals surface area contributed by atoms with Crippen molar-refractivity contribution in [2.75, 3.05) is 12.4 Å². The molecule has 8 heteroatoms. The fourth-order valence-corrected chi connectivity index (χ4v) is 2.98. The van der Waals surface area contributed by atoms with E-state index in [1.54, 1.807) is 54.4 Å². The molecule has 0 saturated heterocycles. The van der Waals surface area contributed by atoms with Crippen LogP contribution in [-0.4, -0.2) is 22.8 Å². The predicted molar refractivity (Wildman–Crippen MR) is 104 cm³/mol. The molecule has 0 saturated carbocycles. The first kappa shape index (κ1) is 18.6. The van der Waals surface area contributed by atoms with Crippen molar-refractivity contribution in [3.05, 3.63) is 74.9 Å². The topological polar surface area (TPSA) is 56.1 Å². The van der Waals surface area contributed by atoms with E-state index in [1.165, 1.54) is 0 Å². The van der Waals surface area contributed by atoms with Gasteiger partial charge in [0, 0.05) is 21.8 Å². The zero-order chi connectivity index (χ0) is 18.7. The maximum absolute atomic E-state index is 12.3. The third kappa shape index (κ3) is 4.30.